The lowest BCUT2D eigenvalue weighted by molar-refractivity contribution is -0.386. The minimum absolute atomic E-state index is 0.00311. The van der Waals surface area contributed by atoms with Crippen LogP contribution in [-0.2, 0) is 6.54 Å². The van der Waals surface area contributed by atoms with Gasteiger partial charge in [-0.25, -0.2) is 0 Å². The lowest BCUT2D eigenvalue weighted by atomic mass is 10.1. The summed E-state index contributed by atoms with van der Waals surface area (Å²) in [6.07, 6.45) is 0.835. The van der Waals surface area contributed by atoms with Crippen LogP contribution in [0.1, 0.15) is 26.0 Å². The van der Waals surface area contributed by atoms with Crippen LogP contribution in [0.15, 0.2) is 16.9 Å². The second-order valence-electron chi connectivity index (χ2n) is 4.23. The molecule has 0 radical (unpaired) electrons. The Hall–Kier alpha value is -1.65. The van der Waals surface area contributed by atoms with E-state index < -0.39 is 4.92 Å². The highest BCUT2D eigenvalue weighted by molar-refractivity contribution is 5.34. The lowest BCUT2D eigenvalue weighted by Gasteiger charge is -2.10. The van der Waals surface area contributed by atoms with Crippen LogP contribution in [0.2, 0.25) is 0 Å². The number of hydrogen-bond donors (Lipinski definition) is 0. The highest BCUT2D eigenvalue weighted by Gasteiger charge is 2.14. The molecule has 0 aliphatic rings. The average Bonchev–Trinajstić information content (AvgIpc) is 2.16. The average molecular weight is 224 g/mol. The van der Waals surface area contributed by atoms with Gasteiger partial charge in [-0.05, 0) is 19.3 Å². The van der Waals surface area contributed by atoms with Crippen molar-refractivity contribution in [2.45, 2.75) is 33.7 Å². The van der Waals surface area contributed by atoms with Gasteiger partial charge < -0.3 is 4.57 Å². The van der Waals surface area contributed by atoms with Crippen molar-refractivity contribution in [1.82, 2.24) is 4.57 Å². The lowest BCUT2D eigenvalue weighted by Crippen LogP contribution is -2.23. The fourth-order valence-electron chi connectivity index (χ4n) is 1.52. The summed E-state index contributed by atoms with van der Waals surface area (Å²) in [7, 11) is 0. The van der Waals surface area contributed by atoms with Gasteiger partial charge in [0.25, 0.3) is 11.2 Å². The maximum Gasteiger partial charge on any atom is 0.288 e. The Kier molecular flexibility index (Phi) is 3.82. The molecule has 0 aliphatic heterocycles. The second-order valence-corrected chi connectivity index (χ2v) is 4.23. The number of aromatic nitrogens is 1. The second kappa shape index (κ2) is 4.92. The van der Waals surface area contributed by atoms with E-state index in [1.54, 1.807) is 6.92 Å². The zero-order valence-corrected chi connectivity index (χ0v) is 9.77. The summed E-state index contributed by atoms with van der Waals surface area (Å²) in [6.45, 7) is 6.25. The van der Waals surface area contributed by atoms with E-state index in [2.05, 4.69) is 13.8 Å². The summed E-state index contributed by atoms with van der Waals surface area (Å²) in [5, 5.41) is 10.7. The molecule has 1 rings (SSSR count). The number of rotatable bonds is 4. The summed E-state index contributed by atoms with van der Waals surface area (Å²) in [4.78, 5) is 21.8. The summed E-state index contributed by atoms with van der Waals surface area (Å²) < 4.78 is 1.47. The van der Waals surface area contributed by atoms with Crippen LogP contribution < -0.4 is 5.56 Å². The third kappa shape index (κ3) is 2.68. The number of nitro groups is 1. The van der Waals surface area contributed by atoms with Crippen molar-refractivity contribution in [2.24, 2.45) is 5.92 Å². The van der Waals surface area contributed by atoms with Crippen molar-refractivity contribution in [1.29, 1.82) is 0 Å². The summed E-state index contributed by atoms with van der Waals surface area (Å²) in [5.74, 6) is 0.463. The van der Waals surface area contributed by atoms with Gasteiger partial charge in [-0.15, -0.1) is 0 Å². The zero-order chi connectivity index (χ0) is 12.3. The largest absolute Gasteiger partial charge is 0.306 e. The van der Waals surface area contributed by atoms with Crippen LogP contribution in [0.4, 0.5) is 5.69 Å². The quantitative estimate of drug-likeness (QED) is 0.581. The molecule has 0 unspecified atom stereocenters. The van der Waals surface area contributed by atoms with E-state index in [1.807, 2.05) is 0 Å². The Labute approximate surface area is 93.9 Å². The predicted octanol–water partition coefficient (Wildman–Crippen LogP) is 2.11. The normalized spacial score (nSPS) is 10.8. The van der Waals surface area contributed by atoms with Gasteiger partial charge in [0.05, 0.1) is 10.6 Å². The molecule has 1 aromatic heterocycles. The van der Waals surface area contributed by atoms with E-state index >= 15 is 0 Å². The number of pyridine rings is 1. The van der Waals surface area contributed by atoms with Crippen LogP contribution in [0.25, 0.3) is 0 Å². The number of nitrogens with zero attached hydrogens (tertiary/aromatic N) is 2. The maximum atomic E-state index is 11.6. The molecule has 5 heteroatoms. The smallest absolute Gasteiger partial charge is 0.288 e. The summed E-state index contributed by atoms with van der Waals surface area (Å²) >= 11 is 0. The molecule has 88 valence electrons. The van der Waals surface area contributed by atoms with Crippen LogP contribution in [0.3, 0.4) is 0 Å². The molecule has 16 heavy (non-hydrogen) atoms. The van der Waals surface area contributed by atoms with E-state index in [4.69, 9.17) is 0 Å². The van der Waals surface area contributed by atoms with E-state index in [0.717, 1.165) is 6.42 Å². The minimum Gasteiger partial charge on any atom is -0.306 e. The Bertz CT molecular complexity index is 449. The van der Waals surface area contributed by atoms with Crippen LogP contribution >= 0.6 is 0 Å². The molecule has 0 bridgehead atoms. The zero-order valence-electron chi connectivity index (χ0n) is 9.77. The van der Waals surface area contributed by atoms with Crippen LogP contribution in [-0.4, -0.2) is 9.49 Å². The molecular weight excluding hydrogens is 208 g/mol. The van der Waals surface area contributed by atoms with Crippen molar-refractivity contribution in [3.63, 3.8) is 0 Å². The first-order chi connectivity index (χ1) is 7.43. The van der Waals surface area contributed by atoms with Gasteiger partial charge in [-0.3, -0.25) is 14.9 Å². The maximum absolute atomic E-state index is 11.6. The first-order valence-electron chi connectivity index (χ1n) is 5.28. The monoisotopic (exact) mass is 224 g/mol. The van der Waals surface area contributed by atoms with Gasteiger partial charge in [0.15, 0.2) is 0 Å². The Morgan fingerprint density at radius 1 is 1.44 bits per heavy atom. The predicted molar refractivity (Wildman–Crippen MR) is 61.5 cm³/mol. The Morgan fingerprint density at radius 3 is 2.56 bits per heavy atom. The van der Waals surface area contributed by atoms with E-state index in [1.165, 1.54) is 16.7 Å². The van der Waals surface area contributed by atoms with Crippen molar-refractivity contribution in [3.05, 3.63) is 38.3 Å². The third-order valence-electron chi connectivity index (χ3n) is 2.55. The van der Waals surface area contributed by atoms with Crippen molar-refractivity contribution in [2.75, 3.05) is 0 Å². The number of hydrogen-bond acceptors (Lipinski definition) is 3. The molecule has 0 amide bonds. The minimum atomic E-state index is -0.458. The molecule has 0 spiro atoms. The van der Waals surface area contributed by atoms with Crippen molar-refractivity contribution >= 4 is 5.69 Å². The molecule has 0 saturated carbocycles. The van der Waals surface area contributed by atoms with Gasteiger partial charge in [0.1, 0.15) is 0 Å². The third-order valence-corrected chi connectivity index (χ3v) is 2.55. The van der Waals surface area contributed by atoms with Gasteiger partial charge in [-0.2, -0.15) is 0 Å². The SMILES string of the molecule is Cc1c([N+](=O)[O-])ccc(=O)n1CCC(C)C. The van der Waals surface area contributed by atoms with E-state index in [-0.39, 0.29) is 11.2 Å². The Morgan fingerprint density at radius 2 is 2.06 bits per heavy atom. The molecule has 0 aliphatic carbocycles. The fourth-order valence-corrected chi connectivity index (χ4v) is 1.52. The molecule has 1 heterocycles. The molecule has 5 nitrogen and oxygen atoms in total. The molecule has 0 aromatic carbocycles. The fraction of sp³-hybridized carbons (Fsp3) is 0.545. The van der Waals surface area contributed by atoms with Crippen LogP contribution in [0, 0.1) is 23.0 Å². The standard InChI is InChI=1S/C11H16N2O3/c1-8(2)6-7-12-9(3)10(13(15)16)4-5-11(12)14/h4-5,8H,6-7H2,1-3H3. The highest BCUT2D eigenvalue weighted by Crippen LogP contribution is 2.15. The van der Waals surface area contributed by atoms with Crippen LogP contribution in [0.5, 0.6) is 0 Å². The van der Waals surface area contributed by atoms with Gasteiger partial charge in [0, 0.05) is 18.7 Å². The van der Waals surface area contributed by atoms with Crippen molar-refractivity contribution in [3.8, 4) is 0 Å². The molecule has 0 N–H and O–H groups in total. The van der Waals surface area contributed by atoms with E-state index in [9.17, 15) is 14.9 Å². The molecular formula is C11H16N2O3. The van der Waals surface area contributed by atoms with Gasteiger partial charge in [0.2, 0.25) is 0 Å². The first kappa shape index (κ1) is 12.4. The molecule has 0 fully saturated rings. The molecule has 1 aromatic rings. The molecule has 0 saturated heterocycles. The van der Waals surface area contributed by atoms with E-state index in [0.29, 0.717) is 18.2 Å². The molecule has 0 atom stereocenters. The first-order valence-corrected chi connectivity index (χ1v) is 5.28. The van der Waals surface area contributed by atoms with Gasteiger partial charge >= 0.3 is 0 Å². The summed E-state index contributed by atoms with van der Waals surface area (Å²) in [6, 6.07) is 2.52. The highest BCUT2D eigenvalue weighted by atomic mass is 16.6. The summed E-state index contributed by atoms with van der Waals surface area (Å²) in [5.41, 5.74) is 0.255. The topological polar surface area (TPSA) is 65.1 Å². The van der Waals surface area contributed by atoms with Gasteiger partial charge in [-0.1, -0.05) is 13.8 Å². The Balaban J connectivity index is 3.11. The van der Waals surface area contributed by atoms with Crippen molar-refractivity contribution < 1.29 is 4.92 Å².